The fraction of sp³-hybridized carbons (Fsp3) is 0.222. The molecule has 0 saturated heterocycles. The lowest BCUT2D eigenvalue weighted by Gasteiger charge is -2.06. The van der Waals surface area contributed by atoms with Crippen molar-refractivity contribution in [3.8, 4) is 17.2 Å². The molecule has 0 radical (unpaired) electrons. The zero-order valence-electron chi connectivity index (χ0n) is 7.77. The molecule has 82 valence electrons. The van der Waals surface area contributed by atoms with Crippen LogP contribution >= 0.6 is 12.6 Å². The van der Waals surface area contributed by atoms with E-state index < -0.39 is 23.2 Å². The number of hydrogen-bond acceptors (Lipinski definition) is 5. The maximum absolute atomic E-state index is 11.4. The van der Waals surface area contributed by atoms with E-state index in [1.54, 1.807) is 0 Å². The summed E-state index contributed by atoms with van der Waals surface area (Å²) in [5.41, 5.74) is 0.0737. The summed E-state index contributed by atoms with van der Waals surface area (Å²) in [5.74, 6) is -1.67. The van der Waals surface area contributed by atoms with Crippen molar-refractivity contribution in [2.75, 3.05) is 12.3 Å². The summed E-state index contributed by atoms with van der Waals surface area (Å²) < 4.78 is 0. The SMILES string of the molecule is O=C(NCCS)c1cc(O)c(O)c(O)c1. The molecule has 1 aromatic rings. The quantitative estimate of drug-likeness (QED) is 0.385. The van der Waals surface area contributed by atoms with Crippen LogP contribution < -0.4 is 5.32 Å². The van der Waals surface area contributed by atoms with E-state index in [1.807, 2.05) is 0 Å². The Kier molecular flexibility index (Phi) is 3.68. The first kappa shape index (κ1) is 11.5. The number of rotatable bonds is 3. The number of aromatic hydroxyl groups is 3. The van der Waals surface area contributed by atoms with Crippen LogP contribution in [0.15, 0.2) is 12.1 Å². The lowest BCUT2D eigenvalue weighted by molar-refractivity contribution is 0.0955. The molecule has 0 aliphatic heterocycles. The molecule has 0 aromatic heterocycles. The van der Waals surface area contributed by atoms with Gasteiger partial charge >= 0.3 is 0 Å². The van der Waals surface area contributed by atoms with Gasteiger partial charge in [-0.3, -0.25) is 4.79 Å². The normalized spacial score (nSPS) is 9.93. The van der Waals surface area contributed by atoms with Gasteiger partial charge in [-0.05, 0) is 12.1 Å². The summed E-state index contributed by atoms with van der Waals surface area (Å²) in [6.45, 7) is 0.379. The molecule has 5 nitrogen and oxygen atoms in total. The molecule has 0 aliphatic carbocycles. The Morgan fingerprint density at radius 2 is 1.80 bits per heavy atom. The highest BCUT2D eigenvalue weighted by Crippen LogP contribution is 2.35. The molecule has 6 heteroatoms. The summed E-state index contributed by atoms with van der Waals surface area (Å²) in [4.78, 5) is 11.4. The molecule has 1 aromatic carbocycles. The summed E-state index contributed by atoms with van der Waals surface area (Å²) in [5, 5.41) is 29.8. The molecule has 0 saturated carbocycles. The van der Waals surface area contributed by atoms with Crippen LogP contribution in [0.4, 0.5) is 0 Å². The van der Waals surface area contributed by atoms with E-state index in [1.165, 1.54) is 0 Å². The van der Waals surface area contributed by atoms with E-state index >= 15 is 0 Å². The maximum atomic E-state index is 11.4. The summed E-state index contributed by atoms with van der Waals surface area (Å²) in [7, 11) is 0. The fourth-order valence-electron chi connectivity index (χ4n) is 1.01. The highest BCUT2D eigenvalue weighted by molar-refractivity contribution is 7.80. The summed E-state index contributed by atoms with van der Waals surface area (Å²) in [6.07, 6.45) is 0. The molecular weight excluding hydrogens is 218 g/mol. The Bertz CT molecular complexity index is 357. The molecule has 0 heterocycles. The Morgan fingerprint density at radius 1 is 1.27 bits per heavy atom. The third kappa shape index (κ3) is 2.69. The maximum Gasteiger partial charge on any atom is 0.251 e. The second kappa shape index (κ2) is 4.79. The monoisotopic (exact) mass is 229 g/mol. The molecule has 0 unspecified atom stereocenters. The Labute approximate surface area is 91.8 Å². The Hall–Kier alpha value is -1.56. The van der Waals surface area contributed by atoms with Crippen LogP contribution in [0, 0.1) is 0 Å². The molecule has 1 amide bonds. The van der Waals surface area contributed by atoms with Gasteiger partial charge in [-0.15, -0.1) is 0 Å². The van der Waals surface area contributed by atoms with Crippen LogP contribution in [0.1, 0.15) is 10.4 Å². The van der Waals surface area contributed by atoms with Crippen molar-refractivity contribution in [1.82, 2.24) is 5.32 Å². The van der Waals surface area contributed by atoms with Crippen molar-refractivity contribution in [2.45, 2.75) is 0 Å². The van der Waals surface area contributed by atoms with E-state index in [9.17, 15) is 4.79 Å². The third-order valence-electron chi connectivity index (χ3n) is 1.73. The van der Waals surface area contributed by atoms with E-state index in [0.717, 1.165) is 12.1 Å². The Balaban J connectivity index is 2.91. The van der Waals surface area contributed by atoms with Crippen molar-refractivity contribution in [3.05, 3.63) is 17.7 Å². The van der Waals surface area contributed by atoms with Crippen molar-refractivity contribution in [3.63, 3.8) is 0 Å². The molecule has 0 aliphatic rings. The highest BCUT2D eigenvalue weighted by Gasteiger charge is 2.12. The van der Waals surface area contributed by atoms with Crippen molar-refractivity contribution in [1.29, 1.82) is 0 Å². The van der Waals surface area contributed by atoms with Gasteiger partial charge in [0.1, 0.15) is 0 Å². The Morgan fingerprint density at radius 3 is 2.27 bits per heavy atom. The van der Waals surface area contributed by atoms with Gasteiger partial charge in [0, 0.05) is 17.9 Å². The number of carbonyl (C=O) groups is 1. The zero-order chi connectivity index (χ0) is 11.4. The van der Waals surface area contributed by atoms with E-state index in [4.69, 9.17) is 15.3 Å². The van der Waals surface area contributed by atoms with Crippen LogP contribution in [0.25, 0.3) is 0 Å². The van der Waals surface area contributed by atoms with Gasteiger partial charge in [0.05, 0.1) is 0 Å². The van der Waals surface area contributed by atoms with Gasteiger partial charge in [0.15, 0.2) is 17.2 Å². The molecule has 15 heavy (non-hydrogen) atoms. The molecule has 0 bridgehead atoms. The van der Waals surface area contributed by atoms with Gasteiger partial charge in [-0.25, -0.2) is 0 Å². The third-order valence-corrected chi connectivity index (χ3v) is 1.95. The van der Waals surface area contributed by atoms with E-state index in [-0.39, 0.29) is 5.56 Å². The number of amides is 1. The predicted octanol–water partition coefficient (Wildman–Crippen LogP) is 0.463. The average Bonchev–Trinajstić information content (AvgIpc) is 2.21. The van der Waals surface area contributed by atoms with Gasteiger partial charge in [0.25, 0.3) is 5.91 Å². The topological polar surface area (TPSA) is 89.8 Å². The first-order valence-corrected chi connectivity index (χ1v) is 4.83. The lowest BCUT2D eigenvalue weighted by atomic mass is 10.1. The largest absolute Gasteiger partial charge is 0.504 e. The van der Waals surface area contributed by atoms with Crippen molar-refractivity contribution in [2.24, 2.45) is 0 Å². The minimum atomic E-state index is -0.638. The van der Waals surface area contributed by atoms with E-state index in [2.05, 4.69) is 17.9 Å². The second-order valence-corrected chi connectivity index (χ2v) is 3.29. The number of carbonyl (C=O) groups excluding carboxylic acids is 1. The van der Waals surface area contributed by atoms with Gasteiger partial charge < -0.3 is 20.6 Å². The fourth-order valence-corrected chi connectivity index (χ4v) is 1.12. The lowest BCUT2D eigenvalue weighted by Crippen LogP contribution is -2.25. The van der Waals surface area contributed by atoms with Crippen LogP contribution in [0.3, 0.4) is 0 Å². The van der Waals surface area contributed by atoms with Gasteiger partial charge in [-0.1, -0.05) is 0 Å². The predicted molar refractivity (Wildman–Crippen MR) is 57.6 cm³/mol. The van der Waals surface area contributed by atoms with Gasteiger partial charge in [0.2, 0.25) is 0 Å². The highest BCUT2D eigenvalue weighted by atomic mass is 32.1. The number of phenolic OH excluding ortho intramolecular Hbond substituents is 3. The molecular formula is C9H11NO4S. The average molecular weight is 229 g/mol. The second-order valence-electron chi connectivity index (χ2n) is 2.84. The number of thiol groups is 1. The number of hydrogen-bond donors (Lipinski definition) is 5. The molecule has 0 atom stereocenters. The van der Waals surface area contributed by atoms with Crippen LogP contribution in [-0.2, 0) is 0 Å². The van der Waals surface area contributed by atoms with Crippen molar-refractivity contribution < 1.29 is 20.1 Å². The molecule has 1 rings (SSSR count). The minimum absolute atomic E-state index is 0.0737. The zero-order valence-corrected chi connectivity index (χ0v) is 8.66. The number of phenols is 3. The molecule has 4 N–H and O–H groups in total. The first-order chi connectivity index (χ1) is 7.06. The van der Waals surface area contributed by atoms with Crippen molar-refractivity contribution >= 4 is 18.5 Å². The first-order valence-electron chi connectivity index (χ1n) is 4.20. The standard InChI is InChI=1S/C9H11NO4S/c11-6-3-5(4-7(12)8(6)13)9(14)10-1-2-15/h3-4,11-13,15H,1-2H2,(H,10,14). The number of benzene rings is 1. The van der Waals surface area contributed by atoms with Crippen LogP contribution in [0.2, 0.25) is 0 Å². The van der Waals surface area contributed by atoms with Gasteiger partial charge in [-0.2, -0.15) is 12.6 Å². The summed E-state index contributed by atoms with van der Waals surface area (Å²) in [6, 6.07) is 2.14. The smallest absolute Gasteiger partial charge is 0.251 e. The molecule has 0 fully saturated rings. The van der Waals surface area contributed by atoms with Crippen LogP contribution in [0.5, 0.6) is 17.2 Å². The van der Waals surface area contributed by atoms with E-state index in [0.29, 0.717) is 12.3 Å². The number of nitrogens with one attached hydrogen (secondary N) is 1. The summed E-state index contributed by atoms with van der Waals surface area (Å²) >= 11 is 3.91. The van der Waals surface area contributed by atoms with Crippen LogP contribution in [-0.4, -0.2) is 33.5 Å². The molecule has 0 spiro atoms. The minimum Gasteiger partial charge on any atom is -0.504 e.